The van der Waals surface area contributed by atoms with E-state index in [4.69, 9.17) is 4.74 Å². The van der Waals surface area contributed by atoms with Crippen molar-refractivity contribution in [2.75, 3.05) is 11.8 Å². The molecule has 0 atom stereocenters. The Balaban J connectivity index is 1.97. The molecule has 0 saturated carbocycles. The summed E-state index contributed by atoms with van der Waals surface area (Å²) in [6.45, 7) is 1.89. The van der Waals surface area contributed by atoms with E-state index in [1.165, 1.54) is 13.2 Å². The van der Waals surface area contributed by atoms with Crippen molar-refractivity contribution in [3.63, 3.8) is 0 Å². The first-order chi connectivity index (χ1) is 12.9. The molecular formula is C18H17BrFN3O3S. The van der Waals surface area contributed by atoms with Crippen molar-refractivity contribution in [2.45, 2.75) is 18.2 Å². The molecule has 9 heteroatoms. The lowest BCUT2D eigenvalue weighted by Crippen LogP contribution is -2.16. The van der Waals surface area contributed by atoms with Gasteiger partial charge in [0.2, 0.25) is 0 Å². The van der Waals surface area contributed by atoms with Crippen LogP contribution in [0.5, 0.6) is 5.75 Å². The van der Waals surface area contributed by atoms with Crippen LogP contribution in [0.2, 0.25) is 0 Å². The number of rotatable bonds is 6. The zero-order valence-electron chi connectivity index (χ0n) is 14.6. The van der Waals surface area contributed by atoms with Gasteiger partial charge >= 0.3 is 0 Å². The van der Waals surface area contributed by atoms with E-state index in [9.17, 15) is 12.8 Å². The summed E-state index contributed by atoms with van der Waals surface area (Å²) in [5.74, 6) is -0.521. The molecule has 0 aliphatic carbocycles. The molecule has 0 unspecified atom stereocenters. The zero-order chi connectivity index (χ0) is 19.6. The minimum absolute atomic E-state index is 0.144. The number of sulfonamides is 1. The van der Waals surface area contributed by atoms with Gasteiger partial charge in [0.15, 0.2) is 5.82 Å². The number of anilines is 1. The van der Waals surface area contributed by atoms with E-state index >= 15 is 0 Å². The molecule has 0 amide bonds. The topological polar surface area (TPSA) is 84.1 Å². The van der Waals surface area contributed by atoms with Crippen LogP contribution in [0.25, 0.3) is 11.3 Å². The minimum atomic E-state index is -4.15. The van der Waals surface area contributed by atoms with Gasteiger partial charge in [-0.3, -0.25) is 9.82 Å². The lowest BCUT2D eigenvalue weighted by molar-refractivity contribution is 0.410. The van der Waals surface area contributed by atoms with Gasteiger partial charge in [-0.2, -0.15) is 5.10 Å². The SMILES string of the molecule is CCc1c(NS(=O)(=O)c2ccc(OC)cc2F)n[nH]c1-c1ccc(Br)cc1. The third-order valence-corrected chi connectivity index (χ3v) is 5.91. The van der Waals surface area contributed by atoms with Crippen LogP contribution in [-0.2, 0) is 16.4 Å². The number of hydrogen-bond donors (Lipinski definition) is 2. The summed E-state index contributed by atoms with van der Waals surface area (Å²) in [5.41, 5.74) is 2.26. The summed E-state index contributed by atoms with van der Waals surface area (Å²) in [7, 11) is -2.77. The Morgan fingerprint density at radius 2 is 1.93 bits per heavy atom. The van der Waals surface area contributed by atoms with E-state index in [0.29, 0.717) is 17.7 Å². The number of aromatic amines is 1. The smallest absolute Gasteiger partial charge is 0.266 e. The van der Waals surface area contributed by atoms with Crippen LogP contribution >= 0.6 is 15.9 Å². The second-order valence-electron chi connectivity index (χ2n) is 5.69. The van der Waals surface area contributed by atoms with Gasteiger partial charge in [-0.15, -0.1) is 0 Å². The molecule has 0 aliphatic rings. The number of ether oxygens (including phenoxy) is 1. The fourth-order valence-corrected chi connectivity index (χ4v) is 4.02. The molecule has 0 spiro atoms. The Bertz CT molecular complexity index is 1070. The van der Waals surface area contributed by atoms with Crippen LogP contribution in [0.3, 0.4) is 0 Å². The van der Waals surface area contributed by atoms with Crippen molar-refractivity contribution < 1.29 is 17.5 Å². The molecule has 27 heavy (non-hydrogen) atoms. The van der Waals surface area contributed by atoms with Crippen molar-refractivity contribution in [3.8, 4) is 17.0 Å². The summed E-state index contributed by atoms with van der Waals surface area (Å²) >= 11 is 3.38. The van der Waals surface area contributed by atoms with E-state index in [0.717, 1.165) is 22.2 Å². The summed E-state index contributed by atoms with van der Waals surface area (Å²) in [6.07, 6.45) is 0.533. The van der Waals surface area contributed by atoms with Crippen molar-refractivity contribution in [1.82, 2.24) is 10.2 Å². The number of benzene rings is 2. The standard InChI is InChI=1S/C18H17BrFN3O3S/c1-3-14-17(11-4-6-12(19)7-5-11)21-22-18(14)23-27(24,25)16-9-8-13(26-2)10-15(16)20/h4-10H,3H2,1-2H3,(H2,21,22,23). The molecule has 3 aromatic rings. The molecule has 0 bridgehead atoms. The lowest BCUT2D eigenvalue weighted by atomic mass is 10.1. The molecule has 1 heterocycles. The van der Waals surface area contributed by atoms with Gasteiger partial charge in [0.1, 0.15) is 16.5 Å². The summed E-state index contributed by atoms with van der Waals surface area (Å²) in [4.78, 5) is -0.474. The number of nitrogens with one attached hydrogen (secondary N) is 2. The summed E-state index contributed by atoms with van der Waals surface area (Å²) < 4.78 is 47.7. The highest BCUT2D eigenvalue weighted by Gasteiger charge is 2.23. The number of halogens is 2. The second-order valence-corrected chi connectivity index (χ2v) is 8.25. The largest absolute Gasteiger partial charge is 0.497 e. The molecule has 3 rings (SSSR count). The normalized spacial score (nSPS) is 11.4. The van der Waals surface area contributed by atoms with Gasteiger partial charge < -0.3 is 4.74 Å². The molecule has 0 saturated heterocycles. The van der Waals surface area contributed by atoms with Gasteiger partial charge in [0, 0.05) is 16.1 Å². The average molecular weight is 454 g/mol. The van der Waals surface area contributed by atoms with E-state index in [1.54, 1.807) is 0 Å². The molecule has 0 fully saturated rings. The number of H-pyrrole nitrogens is 1. The zero-order valence-corrected chi connectivity index (χ0v) is 17.0. The molecule has 2 N–H and O–H groups in total. The maximum atomic E-state index is 14.2. The Morgan fingerprint density at radius 1 is 1.22 bits per heavy atom. The first kappa shape index (κ1) is 19.4. The van der Waals surface area contributed by atoms with Crippen LogP contribution in [0, 0.1) is 5.82 Å². The third-order valence-electron chi connectivity index (χ3n) is 4.01. The molecule has 6 nitrogen and oxygen atoms in total. The van der Waals surface area contributed by atoms with Gasteiger partial charge in [0.25, 0.3) is 10.0 Å². The van der Waals surface area contributed by atoms with Crippen molar-refractivity contribution >= 4 is 31.8 Å². The van der Waals surface area contributed by atoms with Gasteiger partial charge in [-0.05, 0) is 36.2 Å². The van der Waals surface area contributed by atoms with Crippen LogP contribution in [0.4, 0.5) is 10.2 Å². The fourth-order valence-electron chi connectivity index (χ4n) is 2.66. The number of hydrogen-bond acceptors (Lipinski definition) is 4. The molecule has 1 aromatic heterocycles. The Kier molecular flexibility index (Phi) is 5.52. The van der Waals surface area contributed by atoms with Gasteiger partial charge in [0.05, 0.1) is 12.8 Å². The Hall–Kier alpha value is -2.39. The Labute approximate surface area is 164 Å². The number of nitrogens with zero attached hydrogens (tertiary/aromatic N) is 1. The average Bonchev–Trinajstić information content (AvgIpc) is 3.03. The number of methoxy groups -OCH3 is 1. The quantitative estimate of drug-likeness (QED) is 0.580. The van der Waals surface area contributed by atoms with Crippen LogP contribution in [0.1, 0.15) is 12.5 Å². The summed E-state index contributed by atoms with van der Waals surface area (Å²) in [5, 5.41) is 6.95. The highest BCUT2D eigenvalue weighted by molar-refractivity contribution is 9.10. The monoisotopic (exact) mass is 453 g/mol. The maximum absolute atomic E-state index is 14.2. The summed E-state index contributed by atoms with van der Waals surface area (Å²) in [6, 6.07) is 11.1. The highest BCUT2D eigenvalue weighted by Crippen LogP contribution is 2.30. The second kappa shape index (κ2) is 7.69. The highest BCUT2D eigenvalue weighted by atomic mass is 79.9. The first-order valence-corrected chi connectivity index (χ1v) is 10.3. The van der Waals surface area contributed by atoms with E-state index < -0.39 is 20.7 Å². The molecular weight excluding hydrogens is 437 g/mol. The predicted octanol–water partition coefficient (Wildman–Crippen LogP) is 4.35. The molecule has 0 aliphatic heterocycles. The van der Waals surface area contributed by atoms with Gasteiger partial charge in [-0.1, -0.05) is 35.0 Å². The van der Waals surface area contributed by atoms with Crippen LogP contribution in [0.15, 0.2) is 51.8 Å². The van der Waals surface area contributed by atoms with Crippen LogP contribution in [-0.4, -0.2) is 25.7 Å². The first-order valence-electron chi connectivity index (χ1n) is 8.05. The van der Waals surface area contributed by atoms with Crippen molar-refractivity contribution in [2.24, 2.45) is 0 Å². The van der Waals surface area contributed by atoms with E-state index in [2.05, 4.69) is 30.8 Å². The minimum Gasteiger partial charge on any atom is -0.497 e. The third kappa shape index (κ3) is 3.98. The predicted molar refractivity (Wildman–Crippen MR) is 105 cm³/mol. The lowest BCUT2D eigenvalue weighted by Gasteiger charge is -2.09. The fraction of sp³-hybridized carbons (Fsp3) is 0.167. The Morgan fingerprint density at radius 3 is 2.52 bits per heavy atom. The van der Waals surface area contributed by atoms with E-state index in [1.807, 2.05) is 31.2 Å². The van der Waals surface area contributed by atoms with Crippen LogP contribution < -0.4 is 9.46 Å². The molecule has 142 valence electrons. The van der Waals surface area contributed by atoms with Crippen molar-refractivity contribution in [1.29, 1.82) is 0 Å². The maximum Gasteiger partial charge on any atom is 0.266 e. The van der Waals surface area contributed by atoms with Gasteiger partial charge in [-0.25, -0.2) is 12.8 Å². The number of aromatic nitrogens is 2. The van der Waals surface area contributed by atoms with E-state index in [-0.39, 0.29) is 11.6 Å². The van der Waals surface area contributed by atoms with Crippen molar-refractivity contribution in [3.05, 3.63) is 58.3 Å². The molecule has 2 aromatic carbocycles. The molecule has 0 radical (unpaired) electrons.